The molecule has 96 valence electrons. The SMILES string of the molecule is c1ccc(-c2ccc3nc(-c4ccco4)cn3c2)cc1. The highest BCUT2D eigenvalue weighted by Crippen LogP contribution is 2.23. The van der Waals surface area contributed by atoms with Crippen LogP contribution in [0, 0.1) is 0 Å². The third kappa shape index (κ3) is 1.80. The Hall–Kier alpha value is -2.81. The zero-order chi connectivity index (χ0) is 13.4. The van der Waals surface area contributed by atoms with Gasteiger partial charge < -0.3 is 8.82 Å². The van der Waals surface area contributed by atoms with Gasteiger partial charge in [-0.25, -0.2) is 4.98 Å². The molecule has 20 heavy (non-hydrogen) atoms. The van der Waals surface area contributed by atoms with Crippen LogP contribution in [0.3, 0.4) is 0 Å². The molecule has 0 aliphatic carbocycles. The number of hydrogen-bond acceptors (Lipinski definition) is 2. The molecular formula is C17H12N2O. The summed E-state index contributed by atoms with van der Waals surface area (Å²) in [6.07, 6.45) is 5.74. The minimum atomic E-state index is 0.787. The lowest BCUT2D eigenvalue weighted by atomic mass is 10.1. The lowest BCUT2D eigenvalue weighted by Crippen LogP contribution is -1.84. The zero-order valence-corrected chi connectivity index (χ0v) is 10.7. The number of aromatic nitrogens is 2. The van der Waals surface area contributed by atoms with Gasteiger partial charge in [0.2, 0.25) is 0 Å². The van der Waals surface area contributed by atoms with Gasteiger partial charge in [-0.05, 0) is 35.4 Å². The predicted molar refractivity (Wildman–Crippen MR) is 78.3 cm³/mol. The van der Waals surface area contributed by atoms with E-state index in [2.05, 4.69) is 29.4 Å². The van der Waals surface area contributed by atoms with E-state index in [1.807, 2.05) is 47.0 Å². The Labute approximate surface area is 116 Å². The van der Waals surface area contributed by atoms with Crippen LogP contribution in [0.15, 0.2) is 77.7 Å². The number of benzene rings is 1. The van der Waals surface area contributed by atoms with Crippen LogP contribution in [0.5, 0.6) is 0 Å². The van der Waals surface area contributed by atoms with Crippen molar-refractivity contribution in [2.24, 2.45) is 0 Å². The summed E-state index contributed by atoms with van der Waals surface area (Å²) in [5, 5.41) is 0. The highest BCUT2D eigenvalue weighted by Gasteiger charge is 2.07. The number of fused-ring (bicyclic) bond motifs is 1. The van der Waals surface area contributed by atoms with E-state index in [9.17, 15) is 0 Å². The summed E-state index contributed by atoms with van der Waals surface area (Å²) in [7, 11) is 0. The van der Waals surface area contributed by atoms with E-state index in [0.29, 0.717) is 0 Å². The Bertz CT molecular complexity index is 845. The first kappa shape index (κ1) is 11.1. The van der Waals surface area contributed by atoms with Gasteiger partial charge in [0.15, 0.2) is 5.76 Å². The van der Waals surface area contributed by atoms with Gasteiger partial charge in [0.1, 0.15) is 11.3 Å². The second-order valence-corrected chi connectivity index (χ2v) is 4.65. The van der Waals surface area contributed by atoms with Crippen molar-refractivity contribution in [3.05, 3.63) is 73.3 Å². The van der Waals surface area contributed by atoms with Crippen molar-refractivity contribution in [2.75, 3.05) is 0 Å². The zero-order valence-electron chi connectivity index (χ0n) is 10.7. The highest BCUT2D eigenvalue weighted by atomic mass is 16.3. The molecule has 0 atom stereocenters. The van der Waals surface area contributed by atoms with E-state index in [1.54, 1.807) is 6.26 Å². The minimum Gasteiger partial charge on any atom is -0.463 e. The van der Waals surface area contributed by atoms with Crippen molar-refractivity contribution in [3.63, 3.8) is 0 Å². The van der Waals surface area contributed by atoms with Crippen LogP contribution in [0.2, 0.25) is 0 Å². The minimum absolute atomic E-state index is 0.787. The van der Waals surface area contributed by atoms with Gasteiger partial charge in [-0.1, -0.05) is 30.3 Å². The maximum atomic E-state index is 5.39. The van der Waals surface area contributed by atoms with E-state index in [4.69, 9.17) is 4.42 Å². The molecule has 0 unspecified atom stereocenters. The quantitative estimate of drug-likeness (QED) is 0.539. The molecule has 0 saturated carbocycles. The Morgan fingerprint density at radius 2 is 1.70 bits per heavy atom. The van der Waals surface area contributed by atoms with Gasteiger partial charge in [-0.3, -0.25) is 0 Å². The molecule has 0 radical (unpaired) electrons. The van der Waals surface area contributed by atoms with E-state index in [-0.39, 0.29) is 0 Å². The van der Waals surface area contributed by atoms with Crippen LogP contribution in [-0.2, 0) is 0 Å². The number of imidazole rings is 1. The molecule has 0 bridgehead atoms. The molecule has 3 aromatic heterocycles. The largest absolute Gasteiger partial charge is 0.463 e. The molecule has 0 spiro atoms. The Kier molecular flexibility index (Phi) is 2.42. The first-order valence-electron chi connectivity index (χ1n) is 6.48. The standard InChI is InChI=1S/C17H12N2O/c1-2-5-13(6-3-1)14-8-9-17-18-15(12-19(17)11-14)16-7-4-10-20-16/h1-12H. The number of furan rings is 1. The van der Waals surface area contributed by atoms with Crippen molar-refractivity contribution in [2.45, 2.75) is 0 Å². The molecule has 3 heterocycles. The Morgan fingerprint density at radius 1 is 0.800 bits per heavy atom. The number of hydrogen-bond donors (Lipinski definition) is 0. The second kappa shape index (κ2) is 4.38. The van der Waals surface area contributed by atoms with Gasteiger partial charge in [0, 0.05) is 12.4 Å². The normalized spacial score (nSPS) is 11.0. The molecule has 0 saturated heterocycles. The molecule has 0 aliphatic rings. The molecule has 4 aromatic rings. The third-order valence-corrected chi connectivity index (χ3v) is 3.33. The van der Waals surface area contributed by atoms with Crippen molar-refractivity contribution >= 4 is 5.65 Å². The number of rotatable bonds is 2. The number of nitrogens with zero attached hydrogens (tertiary/aromatic N) is 2. The first-order valence-corrected chi connectivity index (χ1v) is 6.48. The van der Waals surface area contributed by atoms with Crippen molar-refractivity contribution in [1.29, 1.82) is 0 Å². The van der Waals surface area contributed by atoms with Crippen molar-refractivity contribution in [1.82, 2.24) is 9.38 Å². The van der Waals surface area contributed by atoms with Crippen LogP contribution < -0.4 is 0 Å². The van der Waals surface area contributed by atoms with Crippen LogP contribution in [0.4, 0.5) is 0 Å². The second-order valence-electron chi connectivity index (χ2n) is 4.65. The fourth-order valence-electron chi connectivity index (χ4n) is 2.34. The molecule has 1 aromatic carbocycles. The Balaban J connectivity index is 1.84. The van der Waals surface area contributed by atoms with Crippen LogP contribution in [0.25, 0.3) is 28.2 Å². The smallest absolute Gasteiger partial charge is 0.153 e. The third-order valence-electron chi connectivity index (χ3n) is 3.33. The topological polar surface area (TPSA) is 30.4 Å². The molecule has 0 fully saturated rings. The van der Waals surface area contributed by atoms with E-state index in [1.165, 1.54) is 11.1 Å². The summed E-state index contributed by atoms with van der Waals surface area (Å²) < 4.78 is 7.42. The number of pyridine rings is 1. The van der Waals surface area contributed by atoms with Crippen molar-refractivity contribution < 1.29 is 4.42 Å². The lowest BCUT2D eigenvalue weighted by Gasteiger charge is -2.01. The molecular weight excluding hydrogens is 248 g/mol. The lowest BCUT2D eigenvalue weighted by molar-refractivity contribution is 0.580. The van der Waals surface area contributed by atoms with Gasteiger partial charge in [-0.15, -0.1) is 0 Å². The molecule has 0 aliphatic heterocycles. The van der Waals surface area contributed by atoms with Crippen LogP contribution in [-0.4, -0.2) is 9.38 Å². The Morgan fingerprint density at radius 3 is 2.50 bits per heavy atom. The summed E-state index contributed by atoms with van der Waals surface area (Å²) in [6.45, 7) is 0. The van der Waals surface area contributed by atoms with Crippen molar-refractivity contribution in [3.8, 4) is 22.6 Å². The molecule has 0 amide bonds. The van der Waals surface area contributed by atoms with Gasteiger partial charge in [0.05, 0.1) is 6.26 Å². The summed E-state index contributed by atoms with van der Waals surface area (Å²) in [4.78, 5) is 4.56. The summed E-state index contributed by atoms with van der Waals surface area (Å²) in [6, 6.07) is 18.2. The maximum absolute atomic E-state index is 5.39. The van der Waals surface area contributed by atoms with E-state index >= 15 is 0 Å². The maximum Gasteiger partial charge on any atom is 0.153 e. The van der Waals surface area contributed by atoms with Gasteiger partial charge >= 0.3 is 0 Å². The predicted octanol–water partition coefficient (Wildman–Crippen LogP) is 4.26. The summed E-state index contributed by atoms with van der Waals surface area (Å²) in [5.74, 6) is 0.787. The van der Waals surface area contributed by atoms with E-state index < -0.39 is 0 Å². The highest BCUT2D eigenvalue weighted by molar-refractivity contribution is 5.66. The summed E-state index contributed by atoms with van der Waals surface area (Å²) >= 11 is 0. The summed E-state index contributed by atoms with van der Waals surface area (Å²) in [5.41, 5.74) is 4.13. The fourth-order valence-corrected chi connectivity index (χ4v) is 2.34. The van der Waals surface area contributed by atoms with Gasteiger partial charge in [-0.2, -0.15) is 0 Å². The molecule has 3 heteroatoms. The average Bonchev–Trinajstić information content (AvgIpc) is 3.16. The van der Waals surface area contributed by atoms with E-state index in [0.717, 1.165) is 17.1 Å². The molecule has 4 rings (SSSR count). The monoisotopic (exact) mass is 260 g/mol. The fraction of sp³-hybridized carbons (Fsp3) is 0. The average molecular weight is 260 g/mol. The molecule has 0 N–H and O–H groups in total. The van der Waals surface area contributed by atoms with Crippen LogP contribution >= 0.6 is 0 Å². The van der Waals surface area contributed by atoms with Gasteiger partial charge in [0.25, 0.3) is 0 Å². The molecule has 3 nitrogen and oxygen atoms in total. The van der Waals surface area contributed by atoms with Crippen LogP contribution in [0.1, 0.15) is 0 Å². The first-order chi connectivity index (χ1) is 9.90.